The van der Waals surface area contributed by atoms with Gasteiger partial charge in [-0.25, -0.2) is 0 Å². The molecule has 2 rings (SSSR count). The van der Waals surface area contributed by atoms with Gasteiger partial charge < -0.3 is 14.8 Å². The van der Waals surface area contributed by atoms with Crippen LogP contribution < -0.4 is 5.32 Å². The zero-order valence-corrected chi connectivity index (χ0v) is 12.4. The normalized spacial score (nSPS) is 12.4. The molecule has 112 valence electrons. The molecule has 1 amide bonds. The third kappa shape index (κ3) is 4.46. The number of furan rings is 1. The van der Waals surface area contributed by atoms with Gasteiger partial charge in [-0.3, -0.25) is 4.79 Å². The fraction of sp³-hybridized carbons (Fsp3) is 0.353. The zero-order valence-electron chi connectivity index (χ0n) is 12.4. The highest BCUT2D eigenvalue weighted by Crippen LogP contribution is 2.20. The Morgan fingerprint density at radius 1 is 1.29 bits per heavy atom. The molecule has 1 atom stereocenters. The van der Waals surface area contributed by atoms with E-state index in [0.717, 1.165) is 11.1 Å². The monoisotopic (exact) mass is 287 g/mol. The Labute approximate surface area is 124 Å². The van der Waals surface area contributed by atoms with E-state index in [1.165, 1.54) is 0 Å². The summed E-state index contributed by atoms with van der Waals surface area (Å²) in [5, 5.41) is 12.6. The van der Waals surface area contributed by atoms with Crippen LogP contribution in [0.4, 0.5) is 0 Å². The smallest absolute Gasteiger partial charge is 0.251 e. The molecule has 4 heteroatoms. The van der Waals surface area contributed by atoms with Gasteiger partial charge in [-0.1, -0.05) is 26.0 Å². The lowest BCUT2D eigenvalue weighted by Gasteiger charge is -2.14. The van der Waals surface area contributed by atoms with Gasteiger partial charge >= 0.3 is 0 Å². The van der Waals surface area contributed by atoms with Crippen molar-refractivity contribution in [3.8, 4) is 11.1 Å². The molecule has 21 heavy (non-hydrogen) atoms. The maximum absolute atomic E-state index is 12.1. The predicted octanol–water partition coefficient (Wildman–Crippen LogP) is 3.08. The first-order chi connectivity index (χ1) is 10.1. The Balaban J connectivity index is 1.98. The lowest BCUT2D eigenvalue weighted by molar-refractivity contribution is 0.0900. The lowest BCUT2D eigenvalue weighted by atomic mass is 10.0. The molecule has 0 radical (unpaired) electrons. The molecule has 1 unspecified atom stereocenters. The van der Waals surface area contributed by atoms with Crippen molar-refractivity contribution in [1.82, 2.24) is 5.32 Å². The summed E-state index contributed by atoms with van der Waals surface area (Å²) in [5.74, 6) is 0.226. The highest BCUT2D eigenvalue weighted by molar-refractivity contribution is 5.95. The lowest BCUT2D eigenvalue weighted by Crippen LogP contribution is -2.32. The van der Waals surface area contributed by atoms with Crippen LogP contribution in [0.1, 0.15) is 30.6 Å². The third-order valence-corrected chi connectivity index (χ3v) is 3.22. The van der Waals surface area contributed by atoms with E-state index in [0.29, 0.717) is 17.9 Å². The topological polar surface area (TPSA) is 62.5 Å². The van der Waals surface area contributed by atoms with E-state index in [4.69, 9.17) is 4.42 Å². The van der Waals surface area contributed by atoms with Crippen LogP contribution in [-0.2, 0) is 0 Å². The first-order valence-electron chi connectivity index (χ1n) is 7.15. The van der Waals surface area contributed by atoms with E-state index >= 15 is 0 Å². The average molecular weight is 287 g/mol. The van der Waals surface area contributed by atoms with Crippen LogP contribution >= 0.6 is 0 Å². The van der Waals surface area contributed by atoms with E-state index in [9.17, 15) is 9.90 Å². The minimum Gasteiger partial charge on any atom is -0.472 e. The van der Waals surface area contributed by atoms with Crippen molar-refractivity contribution >= 4 is 5.91 Å². The number of benzene rings is 1. The standard InChI is InChI=1S/C17H21NO3/c1-12(2)8-16(19)10-18-17(20)14-5-3-4-13(9-14)15-6-7-21-11-15/h3-7,9,11-12,16,19H,8,10H2,1-2H3,(H,18,20). The van der Waals surface area contributed by atoms with Gasteiger partial charge in [0.2, 0.25) is 0 Å². The van der Waals surface area contributed by atoms with E-state index in [-0.39, 0.29) is 12.5 Å². The molecule has 0 fully saturated rings. The average Bonchev–Trinajstić information content (AvgIpc) is 2.98. The Morgan fingerprint density at radius 2 is 2.10 bits per heavy atom. The Kier molecular flexibility index (Phi) is 5.17. The molecule has 1 heterocycles. The summed E-state index contributed by atoms with van der Waals surface area (Å²) in [6.45, 7) is 4.35. The molecule has 2 N–H and O–H groups in total. The van der Waals surface area contributed by atoms with Crippen molar-refractivity contribution in [3.63, 3.8) is 0 Å². The molecule has 0 spiro atoms. The fourth-order valence-electron chi connectivity index (χ4n) is 2.21. The van der Waals surface area contributed by atoms with Crippen molar-refractivity contribution < 1.29 is 14.3 Å². The fourth-order valence-corrected chi connectivity index (χ4v) is 2.21. The van der Waals surface area contributed by atoms with E-state index in [1.54, 1.807) is 18.6 Å². The van der Waals surface area contributed by atoms with Crippen LogP contribution in [0.2, 0.25) is 0 Å². The highest BCUT2D eigenvalue weighted by Gasteiger charge is 2.11. The summed E-state index contributed by atoms with van der Waals surface area (Å²) in [6.07, 6.45) is 3.41. The van der Waals surface area contributed by atoms with Crippen molar-refractivity contribution in [2.24, 2.45) is 5.92 Å². The Bertz CT molecular complexity index is 575. The molecule has 0 saturated heterocycles. The largest absolute Gasteiger partial charge is 0.472 e. The molecule has 4 nitrogen and oxygen atoms in total. The quantitative estimate of drug-likeness (QED) is 0.858. The second-order valence-corrected chi connectivity index (χ2v) is 5.59. The van der Waals surface area contributed by atoms with Crippen molar-refractivity contribution in [3.05, 3.63) is 48.4 Å². The summed E-state index contributed by atoms with van der Waals surface area (Å²) in [5.41, 5.74) is 2.44. The number of hydrogen-bond donors (Lipinski definition) is 2. The van der Waals surface area contributed by atoms with Gasteiger partial charge in [0, 0.05) is 17.7 Å². The predicted molar refractivity (Wildman–Crippen MR) is 81.9 cm³/mol. The number of carbonyl (C=O) groups is 1. The number of hydrogen-bond acceptors (Lipinski definition) is 3. The number of carbonyl (C=O) groups excluding carboxylic acids is 1. The van der Waals surface area contributed by atoms with Crippen molar-refractivity contribution in [2.75, 3.05) is 6.54 Å². The molecule has 0 aliphatic heterocycles. The van der Waals surface area contributed by atoms with Gasteiger partial charge in [0.05, 0.1) is 18.6 Å². The number of nitrogens with one attached hydrogen (secondary N) is 1. The van der Waals surface area contributed by atoms with Crippen LogP contribution in [-0.4, -0.2) is 23.7 Å². The number of rotatable bonds is 6. The third-order valence-electron chi connectivity index (χ3n) is 3.22. The highest BCUT2D eigenvalue weighted by atomic mass is 16.3. The summed E-state index contributed by atoms with van der Waals surface area (Å²) in [7, 11) is 0. The molecule has 1 aromatic heterocycles. The van der Waals surface area contributed by atoms with E-state index in [2.05, 4.69) is 5.32 Å². The van der Waals surface area contributed by atoms with Crippen LogP contribution in [0.15, 0.2) is 47.3 Å². The minimum atomic E-state index is -0.508. The van der Waals surface area contributed by atoms with Gasteiger partial charge in [-0.2, -0.15) is 0 Å². The SMILES string of the molecule is CC(C)CC(O)CNC(=O)c1cccc(-c2ccoc2)c1. The van der Waals surface area contributed by atoms with Crippen molar-refractivity contribution in [1.29, 1.82) is 0 Å². The zero-order chi connectivity index (χ0) is 15.2. The first-order valence-corrected chi connectivity index (χ1v) is 7.15. The molecule has 0 saturated carbocycles. The van der Waals surface area contributed by atoms with Gasteiger partial charge in [0.1, 0.15) is 0 Å². The second kappa shape index (κ2) is 7.09. The minimum absolute atomic E-state index is 0.178. The summed E-state index contributed by atoms with van der Waals surface area (Å²) in [6, 6.07) is 9.18. The molecule has 0 aliphatic carbocycles. The number of aliphatic hydroxyl groups is 1. The Morgan fingerprint density at radius 3 is 2.76 bits per heavy atom. The number of aliphatic hydroxyl groups excluding tert-OH is 1. The van der Waals surface area contributed by atoms with E-state index in [1.807, 2.05) is 38.1 Å². The van der Waals surface area contributed by atoms with Crippen LogP contribution in [0.5, 0.6) is 0 Å². The molecule has 0 bridgehead atoms. The number of amides is 1. The van der Waals surface area contributed by atoms with E-state index < -0.39 is 6.10 Å². The maximum Gasteiger partial charge on any atom is 0.251 e. The van der Waals surface area contributed by atoms with Gasteiger partial charge in [0.15, 0.2) is 0 Å². The summed E-state index contributed by atoms with van der Waals surface area (Å²) < 4.78 is 5.05. The van der Waals surface area contributed by atoms with Gasteiger partial charge in [-0.15, -0.1) is 0 Å². The van der Waals surface area contributed by atoms with Gasteiger partial charge in [-0.05, 0) is 36.1 Å². The molecule has 1 aromatic carbocycles. The molecule has 0 aliphatic rings. The maximum atomic E-state index is 12.1. The van der Waals surface area contributed by atoms with Gasteiger partial charge in [0.25, 0.3) is 5.91 Å². The summed E-state index contributed by atoms with van der Waals surface area (Å²) in [4.78, 5) is 12.1. The second-order valence-electron chi connectivity index (χ2n) is 5.59. The van der Waals surface area contributed by atoms with Crippen molar-refractivity contribution in [2.45, 2.75) is 26.4 Å². The van der Waals surface area contributed by atoms with Crippen LogP contribution in [0.25, 0.3) is 11.1 Å². The first kappa shape index (κ1) is 15.3. The van der Waals surface area contributed by atoms with Crippen LogP contribution in [0.3, 0.4) is 0 Å². The molecule has 2 aromatic rings. The van der Waals surface area contributed by atoms with Crippen LogP contribution in [0, 0.1) is 5.92 Å². The molecular weight excluding hydrogens is 266 g/mol. The summed E-state index contributed by atoms with van der Waals surface area (Å²) >= 11 is 0. The Hall–Kier alpha value is -2.07. The molecular formula is C17H21NO3.